The van der Waals surface area contributed by atoms with Crippen molar-refractivity contribution in [3.05, 3.63) is 18.0 Å². The molecule has 2 aromatic rings. The lowest BCUT2D eigenvalue weighted by Gasteiger charge is -2.22. The SMILES string of the molecule is C#CCNC(=O)CN1CCCN(c2ccc3nnc(C(F)(F)F)n3n2)CC1. The second-order valence-corrected chi connectivity index (χ2v) is 6.08. The van der Waals surface area contributed by atoms with E-state index in [1.165, 1.54) is 6.07 Å². The molecule has 0 atom stereocenters. The van der Waals surface area contributed by atoms with Crippen molar-refractivity contribution in [2.24, 2.45) is 0 Å². The summed E-state index contributed by atoms with van der Waals surface area (Å²) in [7, 11) is 0. The summed E-state index contributed by atoms with van der Waals surface area (Å²) >= 11 is 0. The van der Waals surface area contributed by atoms with Gasteiger partial charge in [0, 0.05) is 26.2 Å². The first kappa shape index (κ1) is 18.9. The van der Waals surface area contributed by atoms with E-state index in [0.717, 1.165) is 6.42 Å². The van der Waals surface area contributed by atoms with Gasteiger partial charge >= 0.3 is 6.18 Å². The van der Waals surface area contributed by atoms with Crippen LogP contribution in [-0.4, -0.2) is 69.9 Å². The maximum Gasteiger partial charge on any atom is 0.453 e. The summed E-state index contributed by atoms with van der Waals surface area (Å²) in [6.45, 7) is 2.84. The van der Waals surface area contributed by atoms with Crippen LogP contribution in [0.15, 0.2) is 12.1 Å². The van der Waals surface area contributed by atoms with Gasteiger partial charge in [-0.1, -0.05) is 5.92 Å². The molecule has 144 valence electrons. The number of nitrogens with zero attached hydrogens (tertiary/aromatic N) is 6. The van der Waals surface area contributed by atoms with Crippen LogP contribution >= 0.6 is 0 Å². The molecule has 1 aliphatic heterocycles. The van der Waals surface area contributed by atoms with Gasteiger partial charge in [-0.2, -0.15) is 17.7 Å². The molecule has 8 nitrogen and oxygen atoms in total. The van der Waals surface area contributed by atoms with Crippen molar-refractivity contribution in [3.8, 4) is 12.3 Å². The second-order valence-electron chi connectivity index (χ2n) is 6.08. The van der Waals surface area contributed by atoms with Gasteiger partial charge in [0.2, 0.25) is 5.91 Å². The average molecular weight is 381 g/mol. The predicted molar refractivity (Wildman–Crippen MR) is 90.9 cm³/mol. The van der Waals surface area contributed by atoms with E-state index in [-0.39, 0.29) is 24.6 Å². The largest absolute Gasteiger partial charge is 0.453 e. The number of rotatable bonds is 4. The summed E-state index contributed by atoms with van der Waals surface area (Å²) in [5, 5.41) is 13.4. The van der Waals surface area contributed by atoms with Gasteiger partial charge in [0.1, 0.15) is 5.82 Å². The highest BCUT2D eigenvalue weighted by Gasteiger charge is 2.37. The smallest absolute Gasteiger partial charge is 0.354 e. The minimum Gasteiger partial charge on any atom is -0.354 e. The lowest BCUT2D eigenvalue weighted by atomic mass is 10.3. The van der Waals surface area contributed by atoms with Crippen LogP contribution in [0, 0.1) is 12.3 Å². The number of halogens is 3. The van der Waals surface area contributed by atoms with E-state index in [0.29, 0.717) is 36.5 Å². The maximum atomic E-state index is 13.0. The molecule has 0 bridgehead atoms. The fourth-order valence-corrected chi connectivity index (χ4v) is 2.89. The van der Waals surface area contributed by atoms with Gasteiger partial charge in [0.25, 0.3) is 5.82 Å². The Morgan fingerprint density at radius 2 is 2.04 bits per heavy atom. The number of carbonyl (C=O) groups is 1. The number of nitrogens with one attached hydrogen (secondary N) is 1. The summed E-state index contributed by atoms with van der Waals surface area (Å²) in [5.74, 6) is 1.45. The van der Waals surface area contributed by atoms with Crippen LogP contribution in [0.3, 0.4) is 0 Å². The minimum absolute atomic E-state index is 0.0349. The summed E-state index contributed by atoms with van der Waals surface area (Å²) in [4.78, 5) is 15.6. The Labute approximate surface area is 153 Å². The standard InChI is InChI=1S/C16H18F3N7O/c1-2-6-20-14(27)11-24-7-3-8-25(10-9-24)13-5-4-12-21-22-15(16(17,18)19)26(12)23-13/h1,4-5H,3,6-11H2,(H,20,27). The van der Waals surface area contributed by atoms with Gasteiger partial charge in [0.15, 0.2) is 5.65 Å². The summed E-state index contributed by atoms with van der Waals surface area (Å²) < 4.78 is 39.8. The normalized spacial score (nSPS) is 16.1. The molecule has 0 spiro atoms. The average Bonchev–Trinajstić information content (AvgIpc) is 2.92. The van der Waals surface area contributed by atoms with Crippen molar-refractivity contribution < 1.29 is 18.0 Å². The van der Waals surface area contributed by atoms with Gasteiger partial charge in [-0.15, -0.1) is 21.7 Å². The van der Waals surface area contributed by atoms with Crippen molar-refractivity contribution in [2.45, 2.75) is 12.6 Å². The molecule has 0 aromatic carbocycles. The van der Waals surface area contributed by atoms with Crippen LogP contribution < -0.4 is 10.2 Å². The molecular formula is C16H18F3N7O. The third-order valence-electron chi connectivity index (χ3n) is 4.17. The number of carbonyl (C=O) groups excluding carboxylic acids is 1. The van der Waals surface area contributed by atoms with E-state index in [2.05, 4.69) is 26.5 Å². The molecule has 1 fully saturated rings. The van der Waals surface area contributed by atoms with E-state index >= 15 is 0 Å². The molecule has 3 heterocycles. The molecule has 0 saturated carbocycles. The number of fused-ring (bicyclic) bond motifs is 1. The zero-order valence-electron chi connectivity index (χ0n) is 14.4. The van der Waals surface area contributed by atoms with Crippen molar-refractivity contribution >= 4 is 17.4 Å². The van der Waals surface area contributed by atoms with Gasteiger partial charge in [-0.25, -0.2) is 0 Å². The van der Waals surface area contributed by atoms with Gasteiger partial charge < -0.3 is 10.2 Å². The second kappa shape index (κ2) is 7.79. The Bertz CT molecular complexity index is 858. The van der Waals surface area contributed by atoms with Crippen molar-refractivity contribution in [2.75, 3.05) is 44.2 Å². The summed E-state index contributed by atoms with van der Waals surface area (Å²) in [6, 6.07) is 3.08. The molecular weight excluding hydrogens is 363 g/mol. The predicted octanol–water partition coefficient (Wildman–Crippen LogP) is 0.405. The molecule has 2 aromatic heterocycles. The molecule has 11 heteroatoms. The molecule has 27 heavy (non-hydrogen) atoms. The Hall–Kier alpha value is -2.87. The topological polar surface area (TPSA) is 78.7 Å². The first-order valence-corrected chi connectivity index (χ1v) is 8.35. The van der Waals surface area contributed by atoms with Crippen LogP contribution in [0.2, 0.25) is 0 Å². The fraction of sp³-hybridized carbons (Fsp3) is 0.500. The molecule has 3 rings (SSSR count). The Balaban J connectivity index is 1.70. The number of hydrogen-bond acceptors (Lipinski definition) is 6. The van der Waals surface area contributed by atoms with Crippen molar-refractivity contribution in [3.63, 3.8) is 0 Å². The highest BCUT2D eigenvalue weighted by atomic mass is 19.4. The zero-order chi connectivity index (χ0) is 19.4. The van der Waals surface area contributed by atoms with Gasteiger partial charge in [-0.3, -0.25) is 9.69 Å². The van der Waals surface area contributed by atoms with Gasteiger partial charge in [0.05, 0.1) is 13.1 Å². The minimum atomic E-state index is -4.63. The Morgan fingerprint density at radius 3 is 2.78 bits per heavy atom. The van der Waals surface area contributed by atoms with Crippen molar-refractivity contribution in [1.29, 1.82) is 0 Å². The summed E-state index contributed by atoms with van der Waals surface area (Å²) in [6.07, 6.45) is 1.23. The summed E-state index contributed by atoms with van der Waals surface area (Å²) in [5.41, 5.74) is 0.0349. The molecule has 1 saturated heterocycles. The number of terminal acetylenes is 1. The number of amides is 1. The Morgan fingerprint density at radius 1 is 1.22 bits per heavy atom. The number of aromatic nitrogens is 4. The molecule has 1 N–H and O–H groups in total. The number of alkyl halides is 3. The van der Waals surface area contributed by atoms with Crippen LogP contribution in [-0.2, 0) is 11.0 Å². The molecule has 0 radical (unpaired) electrons. The van der Waals surface area contributed by atoms with Crippen LogP contribution in [0.25, 0.3) is 5.65 Å². The van der Waals surface area contributed by atoms with E-state index < -0.39 is 12.0 Å². The first-order chi connectivity index (χ1) is 12.9. The van der Waals surface area contributed by atoms with Crippen LogP contribution in [0.1, 0.15) is 12.2 Å². The highest BCUT2D eigenvalue weighted by molar-refractivity contribution is 5.78. The Kier molecular flexibility index (Phi) is 5.46. The maximum absolute atomic E-state index is 13.0. The third-order valence-corrected chi connectivity index (χ3v) is 4.17. The quantitative estimate of drug-likeness (QED) is 0.773. The fourth-order valence-electron chi connectivity index (χ4n) is 2.89. The van der Waals surface area contributed by atoms with Crippen LogP contribution in [0.5, 0.6) is 0 Å². The van der Waals surface area contributed by atoms with Crippen LogP contribution in [0.4, 0.5) is 19.0 Å². The van der Waals surface area contributed by atoms with E-state index in [1.807, 2.05) is 9.80 Å². The molecule has 1 aliphatic rings. The van der Waals surface area contributed by atoms with Gasteiger partial charge in [-0.05, 0) is 18.6 Å². The monoisotopic (exact) mass is 381 g/mol. The van der Waals surface area contributed by atoms with E-state index in [9.17, 15) is 18.0 Å². The highest BCUT2D eigenvalue weighted by Crippen LogP contribution is 2.28. The lowest BCUT2D eigenvalue weighted by Crippen LogP contribution is -2.39. The van der Waals surface area contributed by atoms with E-state index in [4.69, 9.17) is 6.42 Å². The molecule has 1 amide bonds. The molecule has 0 unspecified atom stereocenters. The lowest BCUT2D eigenvalue weighted by molar-refractivity contribution is -0.146. The number of hydrogen-bond donors (Lipinski definition) is 1. The number of anilines is 1. The van der Waals surface area contributed by atoms with Crippen molar-refractivity contribution in [1.82, 2.24) is 30.0 Å². The van der Waals surface area contributed by atoms with E-state index in [1.54, 1.807) is 6.07 Å². The molecule has 0 aliphatic carbocycles. The first-order valence-electron chi connectivity index (χ1n) is 8.35. The zero-order valence-corrected chi connectivity index (χ0v) is 14.4. The third kappa shape index (κ3) is 4.46.